The minimum Gasteiger partial charge on any atom is -0.454 e. The molecule has 0 unspecified atom stereocenters. The van der Waals surface area contributed by atoms with E-state index < -0.39 is 0 Å². The lowest BCUT2D eigenvalue weighted by Crippen LogP contribution is -1.94. The van der Waals surface area contributed by atoms with Crippen LogP contribution in [0.1, 0.15) is 6.92 Å². The van der Waals surface area contributed by atoms with E-state index in [0.717, 1.165) is 88.3 Å². The molecule has 0 bridgehead atoms. The Kier molecular flexibility index (Phi) is 8.15. The molecular weight excluding hydrogens is 633 g/mol. The lowest BCUT2D eigenvalue weighted by molar-refractivity contribution is 0.666. The van der Waals surface area contributed by atoms with Gasteiger partial charge >= 0.3 is 0 Å². The van der Waals surface area contributed by atoms with Crippen molar-refractivity contribution >= 4 is 78.4 Å². The highest BCUT2D eigenvalue weighted by Gasteiger charge is 2.19. The van der Waals surface area contributed by atoms with Crippen molar-refractivity contribution in [2.24, 2.45) is 0 Å². The van der Waals surface area contributed by atoms with E-state index in [1.807, 2.05) is 37.5 Å². The molecule has 5 aromatic carbocycles. The molecular formula is C44H34N4OS. The number of rotatable bonds is 3. The molecule has 6 heteroatoms. The Hall–Kier alpha value is -6.11. The van der Waals surface area contributed by atoms with Crippen LogP contribution in [0, 0.1) is 0 Å². The number of hydrogen-bond acceptors (Lipinski definition) is 4. The highest BCUT2D eigenvalue weighted by atomic mass is 32.1. The van der Waals surface area contributed by atoms with Crippen molar-refractivity contribution in [1.82, 2.24) is 19.1 Å². The summed E-state index contributed by atoms with van der Waals surface area (Å²) in [6, 6.07) is 46.8. The molecule has 10 rings (SSSR count). The zero-order valence-electron chi connectivity index (χ0n) is 27.8. The van der Waals surface area contributed by atoms with Gasteiger partial charge in [-0.2, -0.15) is 12.6 Å². The van der Waals surface area contributed by atoms with Gasteiger partial charge in [-0.1, -0.05) is 66.7 Å². The van der Waals surface area contributed by atoms with E-state index in [4.69, 9.17) is 14.4 Å². The number of furan rings is 1. The van der Waals surface area contributed by atoms with Gasteiger partial charge in [0.05, 0.1) is 38.8 Å². The SMILES string of the molecule is C=CC.CS.c1ccc(-n2c3ccc(-c4ccc5oc6c(-n7c8ccccc8c8ncccc87)cccc6c5c4)cc3c3ncccc32)cc1. The lowest BCUT2D eigenvalue weighted by Gasteiger charge is -2.08. The number of fused-ring (bicyclic) bond motifs is 9. The molecule has 0 aliphatic rings. The van der Waals surface area contributed by atoms with Gasteiger partial charge in [-0.25, -0.2) is 0 Å². The van der Waals surface area contributed by atoms with Gasteiger partial charge in [0.1, 0.15) is 5.58 Å². The van der Waals surface area contributed by atoms with Crippen LogP contribution in [0.2, 0.25) is 0 Å². The number of pyridine rings is 2. The average Bonchev–Trinajstić information content (AvgIpc) is 3.84. The molecule has 5 nitrogen and oxygen atoms in total. The van der Waals surface area contributed by atoms with Crippen LogP contribution in [0.25, 0.3) is 88.3 Å². The molecule has 5 heterocycles. The summed E-state index contributed by atoms with van der Waals surface area (Å²) in [5.41, 5.74) is 12.5. The van der Waals surface area contributed by atoms with E-state index in [1.165, 1.54) is 0 Å². The number of thiol groups is 1. The van der Waals surface area contributed by atoms with Crippen LogP contribution >= 0.6 is 12.6 Å². The van der Waals surface area contributed by atoms with Gasteiger partial charge in [0.2, 0.25) is 0 Å². The molecule has 0 fully saturated rings. The monoisotopic (exact) mass is 666 g/mol. The van der Waals surface area contributed by atoms with Crippen molar-refractivity contribution in [2.45, 2.75) is 6.92 Å². The third kappa shape index (κ3) is 4.96. The second-order valence-electron chi connectivity index (χ2n) is 11.9. The lowest BCUT2D eigenvalue weighted by atomic mass is 10.0. The predicted octanol–water partition coefficient (Wildman–Crippen LogP) is 12.0. The Labute approximate surface area is 295 Å². The molecule has 0 atom stereocenters. The summed E-state index contributed by atoms with van der Waals surface area (Å²) in [4.78, 5) is 9.53. The van der Waals surface area contributed by atoms with Crippen LogP contribution in [0.4, 0.5) is 0 Å². The fourth-order valence-electron chi connectivity index (χ4n) is 7.05. The van der Waals surface area contributed by atoms with Gasteiger partial charge in [0.25, 0.3) is 0 Å². The van der Waals surface area contributed by atoms with Crippen molar-refractivity contribution in [3.8, 4) is 22.5 Å². The highest BCUT2D eigenvalue weighted by molar-refractivity contribution is 7.79. The minimum atomic E-state index is 0.863. The Morgan fingerprint density at radius 3 is 1.90 bits per heavy atom. The summed E-state index contributed by atoms with van der Waals surface area (Å²) < 4.78 is 11.2. The van der Waals surface area contributed by atoms with E-state index in [9.17, 15) is 0 Å². The highest BCUT2D eigenvalue weighted by Crippen LogP contribution is 2.40. The summed E-state index contributed by atoms with van der Waals surface area (Å²) in [5, 5.41) is 4.43. The van der Waals surface area contributed by atoms with Crippen LogP contribution in [0.3, 0.4) is 0 Å². The molecule has 0 aliphatic carbocycles. The van der Waals surface area contributed by atoms with E-state index in [-0.39, 0.29) is 0 Å². The first-order valence-corrected chi connectivity index (χ1v) is 17.4. The second kappa shape index (κ2) is 13.1. The molecule has 0 N–H and O–H groups in total. The van der Waals surface area contributed by atoms with Crippen LogP contribution in [0.15, 0.2) is 163 Å². The summed E-state index contributed by atoms with van der Waals surface area (Å²) in [7, 11) is 0. The minimum absolute atomic E-state index is 0.863. The fraction of sp³-hybridized carbons (Fsp3) is 0.0455. The first-order valence-electron chi connectivity index (χ1n) is 16.5. The van der Waals surface area contributed by atoms with Gasteiger partial charge in [-0.3, -0.25) is 9.97 Å². The number of para-hydroxylation sites is 3. The fourth-order valence-corrected chi connectivity index (χ4v) is 7.05. The molecule has 0 spiro atoms. The largest absolute Gasteiger partial charge is 0.454 e. The summed E-state index contributed by atoms with van der Waals surface area (Å²) >= 11 is 3.53. The first kappa shape index (κ1) is 31.2. The standard InChI is InChI=1S/C40H24N4O.C3H6.CH4S/c1-2-9-27(10-3-1)43-33-19-17-25(24-31(33)39-34(43)15-7-22-42-39)26-18-20-37-30(23-26)28-12-6-14-36(40(28)45-37)44-32-13-5-4-11-29(32)38-35(44)16-8-21-41-38;1-3-2;1-2/h1-24H;3H,1H2,2H3;2H,1H3. The van der Waals surface area contributed by atoms with E-state index in [2.05, 4.69) is 144 Å². The van der Waals surface area contributed by atoms with Crippen molar-refractivity contribution in [3.05, 3.63) is 159 Å². The quantitative estimate of drug-likeness (QED) is 0.151. The van der Waals surface area contributed by atoms with Crippen molar-refractivity contribution in [1.29, 1.82) is 0 Å². The molecule has 0 amide bonds. The second-order valence-corrected chi connectivity index (χ2v) is 11.9. The molecule has 242 valence electrons. The first-order chi connectivity index (χ1) is 24.7. The summed E-state index contributed by atoms with van der Waals surface area (Å²) in [5.74, 6) is 0. The van der Waals surface area contributed by atoms with E-state index >= 15 is 0 Å². The normalized spacial score (nSPS) is 11.2. The molecule has 0 saturated heterocycles. The summed E-state index contributed by atoms with van der Waals surface area (Å²) in [6.07, 6.45) is 7.17. The van der Waals surface area contributed by atoms with E-state index in [0.29, 0.717) is 0 Å². The van der Waals surface area contributed by atoms with Crippen molar-refractivity contribution < 1.29 is 4.42 Å². The van der Waals surface area contributed by atoms with Gasteiger partial charge < -0.3 is 13.6 Å². The van der Waals surface area contributed by atoms with Gasteiger partial charge in [0.15, 0.2) is 5.58 Å². The molecule has 0 saturated carbocycles. The number of allylic oxidation sites excluding steroid dienone is 1. The maximum atomic E-state index is 6.62. The maximum Gasteiger partial charge on any atom is 0.159 e. The number of aromatic nitrogens is 4. The van der Waals surface area contributed by atoms with Crippen LogP contribution in [-0.2, 0) is 0 Å². The third-order valence-corrected chi connectivity index (χ3v) is 9.01. The number of hydrogen-bond donors (Lipinski definition) is 1. The van der Waals surface area contributed by atoms with Gasteiger partial charge in [0, 0.05) is 39.6 Å². The van der Waals surface area contributed by atoms with Crippen molar-refractivity contribution in [2.75, 3.05) is 6.26 Å². The van der Waals surface area contributed by atoms with Gasteiger partial charge in [-0.15, -0.1) is 6.58 Å². The maximum absolute atomic E-state index is 6.62. The molecule has 50 heavy (non-hydrogen) atoms. The zero-order chi connectivity index (χ0) is 34.2. The topological polar surface area (TPSA) is 48.8 Å². The van der Waals surface area contributed by atoms with E-state index in [1.54, 1.807) is 12.3 Å². The molecule has 0 radical (unpaired) electrons. The van der Waals surface area contributed by atoms with Crippen LogP contribution < -0.4 is 0 Å². The number of benzene rings is 5. The molecule has 5 aromatic heterocycles. The summed E-state index contributed by atoms with van der Waals surface area (Å²) in [6.45, 7) is 5.25. The van der Waals surface area contributed by atoms with Gasteiger partial charge in [-0.05, 0) is 97.1 Å². The van der Waals surface area contributed by atoms with Crippen LogP contribution in [0.5, 0.6) is 0 Å². The zero-order valence-corrected chi connectivity index (χ0v) is 28.7. The third-order valence-electron chi connectivity index (χ3n) is 9.01. The Bertz CT molecular complexity index is 2770. The Morgan fingerprint density at radius 2 is 1.14 bits per heavy atom. The predicted molar refractivity (Wildman–Crippen MR) is 214 cm³/mol. The Balaban J connectivity index is 0.000000688. The van der Waals surface area contributed by atoms with Crippen LogP contribution in [-0.4, -0.2) is 25.4 Å². The van der Waals surface area contributed by atoms with Crippen molar-refractivity contribution in [3.63, 3.8) is 0 Å². The molecule has 10 aromatic rings. The smallest absolute Gasteiger partial charge is 0.159 e. The molecule has 0 aliphatic heterocycles. The Morgan fingerprint density at radius 1 is 0.560 bits per heavy atom. The average molecular weight is 667 g/mol. The number of nitrogens with zero attached hydrogens (tertiary/aromatic N) is 4.